The smallest absolute Gasteiger partial charge is 0.355 e. The number of ether oxygens (including phenoxy) is 2. The maximum Gasteiger partial charge on any atom is 0.355 e. The van der Waals surface area contributed by atoms with Crippen molar-refractivity contribution in [2.75, 3.05) is 19.1 Å². The molecule has 1 aromatic carbocycles. The van der Waals surface area contributed by atoms with Gasteiger partial charge in [-0.1, -0.05) is 12.1 Å². The van der Waals surface area contributed by atoms with E-state index in [2.05, 4.69) is 5.32 Å². The van der Waals surface area contributed by atoms with Gasteiger partial charge in [-0.15, -0.1) is 0 Å². The Hall–Kier alpha value is -3.35. The first kappa shape index (κ1) is 17.5. The largest absolute Gasteiger partial charge is 0.465 e. The first-order valence-corrected chi connectivity index (χ1v) is 7.98. The lowest BCUT2D eigenvalue weighted by atomic mass is 9.99. The van der Waals surface area contributed by atoms with Crippen LogP contribution in [0, 0.1) is 0 Å². The van der Waals surface area contributed by atoms with E-state index >= 15 is 0 Å². The highest BCUT2D eigenvalue weighted by atomic mass is 16.5. The molecule has 0 radical (unpaired) electrons. The van der Waals surface area contributed by atoms with Gasteiger partial charge in [-0.3, -0.25) is 4.79 Å². The average molecular weight is 354 g/mol. The lowest BCUT2D eigenvalue weighted by Gasteiger charge is -2.25. The molecule has 0 aromatic heterocycles. The summed E-state index contributed by atoms with van der Waals surface area (Å²) in [6.07, 6.45) is 6.76. The van der Waals surface area contributed by atoms with Crippen LogP contribution in [0.15, 0.2) is 53.9 Å². The predicted molar refractivity (Wildman–Crippen MR) is 93.8 cm³/mol. The lowest BCUT2D eigenvalue weighted by Crippen LogP contribution is -2.31. The number of hydrogen-bond donors (Lipinski definition) is 1. The number of methoxy groups -OCH3 is 2. The second-order valence-electron chi connectivity index (χ2n) is 5.72. The Morgan fingerprint density at radius 3 is 2.58 bits per heavy atom. The van der Waals surface area contributed by atoms with E-state index in [-0.39, 0.29) is 23.6 Å². The standard InChI is InChI=1S/C19H18N2O5/c1-25-18(23)15-5-3-4-8-21(17(15)19(24)26-2)14-7-6-12-11-20-16(22)10-13(12)9-14/h3-9H,10-11H2,1-2H3,(H,20,22). The molecular weight excluding hydrogens is 336 g/mol. The van der Waals surface area contributed by atoms with Crippen LogP contribution in [-0.4, -0.2) is 32.1 Å². The summed E-state index contributed by atoms with van der Waals surface area (Å²) in [7, 11) is 2.50. The van der Waals surface area contributed by atoms with Crippen LogP contribution >= 0.6 is 0 Å². The van der Waals surface area contributed by atoms with Gasteiger partial charge in [0.1, 0.15) is 5.70 Å². The van der Waals surface area contributed by atoms with Crippen LogP contribution < -0.4 is 10.2 Å². The van der Waals surface area contributed by atoms with Crippen LogP contribution in [-0.2, 0) is 36.8 Å². The highest BCUT2D eigenvalue weighted by Gasteiger charge is 2.28. The van der Waals surface area contributed by atoms with Crippen LogP contribution in [0.25, 0.3) is 0 Å². The molecule has 0 bridgehead atoms. The number of fused-ring (bicyclic) bond motifs is 1. The summed E-state index contributed by atoms with van der Waals surface area (Å²) in [4.78, 5) is 37.8. The van der Waals surface area contributed by atoms with Gasteiger partial charge in [0.15, 0.2) is 0 Å². The van der Waals surface area contributed by atoms with Gasteiger partial charge < -0.3 is 19.7 Å². The van der Waals surface area contributed by atoms with Crippen molar-refractivity contribution in [1.82, 2.24) is 5.32 Å². The van der Waals surface area contributed by atoms with E-state index in [9.17, 15) is 14.4 Å². The molecule has 1 amide bonds. The Morgan fingerprint density at radius 2 is 1.85 bits per heavy atom. The molecule has 134 valence electrons. The molecule has 3 rings (SSSR count). The van der Waals surface area contributed by atoms with E-state index in [0.29, 0.717) is 12.2 Å². The Morgan fingerprint density at radius 1 is 1.08 bits per heavy atom. The number of esters is 2. The van der Waals surface area contributed by atoms with Gasteiger partial charge >= 0.3 is 11.9 Å². The fourth-order valence-corrected chi connectivity index (χ4v) is 2.89. The molecule has 0 saturated carbocycles. The number of allylic oxidation sites excluding steroid dienone is 2. The van der Waals surface area contributed by atoms with Crippen molar-refractivity contribution < 1.29 is 23.9 Å². The van der Waals surface area contributed by atoms with Crippen molar-refractivity contribution in [1.29, 1.82) is 0 Å². The number of rotatable bonds is 3. The first-order valence-electron chi connectivity index (χ1n) is 7.98. The fraction of sp³-hybridized carbons (Fsp3) is 0.211. The number of carbonyl (C=O) groups is 3. The zero-order valence-corrected chi connectivity index (χ0v) is 14.4. The van der Waals surface area contributed by atoms with E-state index in [0.717, 1.165) is 11.1 Å². The van der Waals surface area contributed by atoms with Gasteiger partial charge in [0.2, 0.25) is 5.91 Å². The van der Waals surface area contributed by atoms with Crippen molar-refractivity contribution in [2.24, 2.45) is 0 Å². The summed E-state index contributed by atoms with van der Waals surface area (Å²) in [5, 5.41) is 2.79. The molecule has 7 heteroatoms. The summed E-state index contributed by atoms with van der Waals surface area (Å²) in [6.45, 7) is 0.471. The van der Waals surface area contributed by atoms with E-state index in [1.807, 2.05) is 18.2 Å². The zero-order chi connectivity index (χ0) is 18.7. The summed E-state index contributed by atoms with van der Waals surface area (Å²) in [5.41, 5.74) is 2.66. The summed E-state index contributed by atoms with van der Waals surface area (Å²) in [5.74, 6) is -1.37. The zero-order valence-electron chi connectivity index (χ0n) is 14.4. The monoisotopic (exact) mass is 354 g/mol. The SMILES string of the molecule is COC(=O)C1=C(C(=O)OC)N(c2ccc3c(c2)CC(=O)NC3)C=CC=C1. The van der Waals surface area contributed by atoms with Gasteiger partial charge in [-0.25, -0.2) is 9.59 Å². The van der Waals surface area contributed by atoms with Gasteiger partial charge in [0.25, 0.3) is 0 Å². The second kappa shape index (κ2) is 7.26. The maximum absolute atomic E-state index is 12.4. The van der Waals surface area contributed by atoms with Crippen molar-refractivity contribution in [3.05, 3.63) is 65.0 Å². The van der Waals surface area contributed by atoms with Crippen molar-refractivity contribution >= 4 is 23.5 Å². The molecule has 0 atom stereocenters. The molecule has 26 heavy (non-hydrogen) atoms. The number of benzene rings is 1. The molecule has 0 unspecified atom stereocenters. The molecule has 7 nitrogen and oxygen atoms in total. The van der Waals surface area contributed by atoms with E-state index in [1.165, 1.54) is 20.3 Å². The third kappa shape index (κ3) is 3.23. The Labute approximate surface area is 150 Å². The highest BCUT2D eigenvalue weighted by molar-refractivity contribution is 6.05. The van der Waals surface area contributed by atoms with E-state index in [4.69, 9.17) is 9.47 Å². The minimum atomic E-state index is -0.669. The molecule has 0 saturated heterocycles. The molecule has 2 aliphatic rings. The maximum atomic E-state index is 12.4. The highest BCUT2D eigenvalue weighted by Crippen LogP contribution is 2.29. The van der Waals surface area contributed by atoms with Crippen LogP contribution in [0.3, 0.4) is 0 Å². The van der Waals surface area contributed by atoms with Crippen LogP contribution in [0.2, 0.25) is 0 Å². The van der Waals surface area contributed by atoms with Gasteiger partial charge in [0.05, 0.1) is 26.2 Å². The number of anilines is 1. The number of amides is 1. The number of nitrogens with zero attached hydrogens (tertiary/aromatic N) is 1. The van der Waals surface area contributed by atoms with E-state index < -0.39 is 11.9 Å². The minimum Gasteiger partial charge on any atom is -0.465 e. The molecular formula is C19H18N2O5. The summed E-state index contributed by atoms with van der Waals surface area (Å²) in [6, 6.07) is 5.55. The predicted octanol–water partition coefficient (Wildman–Crippen LogP) is 1.35. The van der Waals surface area contributed by atoms with Crippen molar-refractivity contribution in [3.8, 4) is 0 Å². The summed E-state index contributed by atoms with van der Waals surface area (Å²) < 4.78 is 9.67. The molecule has 0 aliphatic carbocycles. The Bertz CT molecular complexity index is 867. The van der Waals surface area contributed by atoms with Crippen LogP contribution in [0.5, 0.6) is 0 Å². The number of carbonyl (C=O) groups excluding carboxylic acids is 3. The number of nitrogens with one attached hydrogen (secondary N) is 1. The Balaban J connectivity index is 2.12. The average Bonchev–Trinajstić information content (AvgIpc) is 2.89. The lowest BCUT2D eigenvalue weighted by molar-refractivity contribution is -0.139. The van der Waals surface area contributed by atoms with Crippen molar-refractivity contribution in [2.45, 2.75) is 13.0 Å². The first-order chi connectivity index (χ1) is 12.5. The second-order valence-corrected chi connectivity index (χ2v) is 5.72. The van der Waals surface area contributed by atoms with Gasteiger partial charge in [0, 0.05) is 18.4 Å². The molecule has 0 fully saturated rings. The fourth-order valence-electron chi connectivity index (χ4n) is 2.89. The van der Waals surface area contributed by atoms with E-state index in [1.54, 1.807) is 23.3 Å². The third-order valence-corrected chi connectivity index (χ3v) is 4.18. The van der Waals surface area contributed by atoms with Crippen molar-refractivity contribution in [3.63, 3.8) is 0 Å². The third-order valence-electron chi connectivity index (χ3n) is 4.18. The van der Waals surface area contributed by atoms with Crippen LogP contribution in [0.1, 0.15) is 11.1 Å². The topological polar surface area (TPSA) is 84.9 Å². The van der Waals surface area contributed by atoms with Gasteiger partial charge in [-0.05, 0) is 35.4 Å². The quantitative estimate of drug-likeness (QED) is 0.825. The normalized spacial score (nSPS) is 15.9. The molecule has 2 aliphatic heterocycles. The Kier molecular flexibility index (Phi) is 4.88. The molecule has 0 spiro atoms. The van der Waals surface area contributed by atoms with Gasteiger partial charge in [-0.2, -0.15) is 0 Å². The summed E-state index contributed by atoms with van der Waals surface area (Å²) >= 11 is 0. The minimum absolute atomic E-state index is 0.0459. The molecule has 1 aromatic rings. The number of hydrogen-bond acceptors (Lipinski definition) is 6. The molecule has 1 N–H and O–H groups in total. The molecule has 2 heterocycles. The van der Waals surface area contributed by atoms with Crippen LogP contribution in [0.4, 0.5) is 5.69 Å².